The summed E-state index contributed by atoms with van der Waals surface area (Å²) in [4.78, 5) is 11.4. The summed E-state index contributed by atoms with van der Waals surface area (Å²) in [6.07, 6.45) is 0. The lowest BCUT2D eigenvalue weighted by Crippen LogP contribution is -2.00. The van der Waals surface area contributed by atoms with E-state index in [1.807, 2.05) is 12.1 Å². The zero-order chi connectivity index (χ0) is 14.0. The predicted octanol–water partition coefficient (Wildman–Crippen LogP) is 4.52. The van der Waals surface area contributed by atoms with Gasteiger partial charge in [-0.25, -0.2) is 4.79 Å². The van der Waals surface area contributed by atoms with Crippen molar-refractivity contribution in [3.63, 3.8) is 0 Å². The van der Waals surface area contributed by atoms with Crippen molar-refractivity contribution in [2.24, 2.45) is 0 Å². The molecule has 0 aliphatic carbocycles. The van der Waals surface area contributed by atoms with E-state index in [0.29, 0.717) is 5.56 Å². The van der Waals surface area contributed by atoms with Gasteiger partial charge in [-0.05, 0) is 54.3 Å². The number of halogens is 1. The molecule has 2 nitrogen and oxygen atoms in total. The number of aryl methyl sites for hydroxylation is 2. The van der Waals surface area contributed by atoms with E-state index in [1.165, 1.54) is 23.8 Å². The summed E-state index contributed by atoms with van der Waals surface area (Å²) in [6, 6.07) is 11.7. The molecule has 19 heavy (non-hydrogen) atoms. The van der Waals surface area contributed by atoms with Crippen molar-refractivity contribution < 1.29 is 9.53 Å². The number of methoxy groups -OCH3 is 1. The Morgan fingerprint density at radius 2 is 1.68 bits per heavy atom. The largest absolute Gasteiger partial charge is 0.465 e. The first-order valence-electron chi connectivity index (χ1n) is 5.98. The van der Waals surface area contributed by atoms with Gasteiger partial charge in [-0.15, -0.1) is 0 Å². The molecule has 2 rings (SSSR count). The van der Waals surface area contributed by atoms with E-state index in [2.05, 4.69) is 41.9 Å². The Morgan fingerprint density at radius 1 is 1.05 bits per heavy atom. The normalized spacial score (nSPS) is 10.3. The minimum Gasteiger partial charge on any atom is -0.465 e. The average Bonchev–Trinajstić information content (AvgIpc) is 2.42. The fourth-order valence-corrected chi connectivity index (χ4v) is 2.45. The second-order valence-electron chi connectivity index (χ2n) is 4.49. The van der Waals surface area contributed by atoms with Crippen LogP contribution in [0.15, 0.2) is 40.9 Å². The van der Waals surface area contributed by atoms with Gasteiger partial charge in [0.25, 0.3) is 0 Å². The molecule has 0 amide bonds. The topological polar surface area (TPSA) is 26.3 Å². The highest BCUT2D eigenvalue weighted by Crippen LogP contribution is 2.29. The highest BCUT2D eigenvalue weighted by Gasteiger charge is 2.08. The maximum absolute atomic E-state index is 11.4. The van der Waals surface area contributed by atoms with Crippen LogP contribution in [-0.4, -0.2) is 13.1 Å². The van der Waals surface area contributed by atoms with Gasteiger partial charge in [0.1, 0.15) is 0 Å². The van der Waals surface area contributed by atoms with E-state index < -0.39 is 0 Å². The van der Waals surface area contributed by atoms with Crippen molar-refractivity contribution in [1.82, 2.24) is 0 Å². The van der Waals surface area contributed by atoms with E-state index >= 15 is 0 Å². The van der Waals surface area contributed by atoms with Crippen molar-refractivity contribution in [1.29, 1.82) is 0 Å². The molecule has 0 heterocycles. The summed E-state index contributed by atoms with van der Waals surface area (Å²) >= 11 is 3.53. The summed E-state index contributed by atoms with van der Waals surface area (Å²) in [5, 5.41) is 0. The molecule has 0 saturated carbocycles. The number of carbonyl (C=O) groups is 1. The molecule has 0 aliphatic heterocycles. The number of benzene rings is 2. The van der Waals surface area contributed by atoms with Crippen LogP contribution in [0.2, 0.25) is 0 Å². The third-order valence-electron chi connectivity index (χ3n) is 3.12. The molecule has 0 unspecified atom stereocenters. The monoisotopic (exact) mass is 318 g/mol. The molecule has 0 radical (unpaired) electrons. The molecular weight excluding hydrogens is 304 g/mol. The van der Waals surface area contributed by atoms with Crippen molar-refractivity contribution in [3.05, 3.63) is 57.6 Å². The van der Waals surface area contributed by atoms with Crippen LogP contribution in [0.5, 0.6) is 0 Å². The first-order chi connectivity index (χ1) is 9.02. The molecule has 98 valence electrons. The van der Waals surface area contributed by atoms with Gasteiger partial charge in [0.2, 0.25) is 0 Å². The Balaban J connectivity index is 2.43. The third kappa shape index (κ3) is 2.87. The fourth-order valence-electron chi connectivity index (χ4n) is 2.00. The lowest BCUT2D eigenvalue weighted by molar-refractivity contribution is 0.0601. The molecule has 2 aromatic rings. The van der Waals surface area contributed by atoms with E-state index in [-0.39, 0.29) is 5.97 Å². The van der Waals surface area contributed by atoms with Crippen LogP contribution in [0.3, 0.4) is 0 Å². The summed E-state index contributed by atoms with van der Waals surface area (Å²) in [6.45, 7) is 4.14. The lowest BCUT2D eigenvalue weighted by Gasteiger charge is -2.10. The zero-order valence-electron chi connectivity index (χ0n) is 11.2. The number of rotatable bonds is 2. The number of hydrogen-bond donors (Lipinski definition) is 0. The van der Waals surface area contributed by atoms with Gasteiger partial charge in [-0.2, -0.15) is 0 Å². The molecule has 0 aromatic heterocycles. The van der Waals surface area contributed by atoms with Crippen LogP contribution >= 0.6 is 15.9 Å². The summed E-state index contributed by atoms with van der Waals surface area (Å²) in [5.41, 5.74) is 5.23. The Hall–Kier alpha value is -1.61. The minimum absolute atomic E-state index is 0.310. The first-order valence-corrected chi connectivity index (χ1v) is 6.77. The standard InChI is InChI=1S/C16H15BrO2/c1-10-9-15(17)11(2)8-14(10)12-4-6-13(7-5-12)16(18)19-3/h4-9H,1-3H3. The molecule has 0 saturated heterocycles. The number of hydrogen-bond acceptors (Lipinski definition) is 2. The van der Waals surface area contributed by atoms with Gasteiger partial charge in [0.05, 0.1) is 12.7 Å². The molecular formula is C16H15BrO2. The smallest absolute Gasteiger partial charge is 0.337 e. The second-order valence-corrected chi connectivity index (χ2v) is 5.34. The van der Waals surface area contributed by atoms with Crippen molar-refractivity contribution in [2.75, 3.05) is 7.11 Å². The Morgan fingerprint density at radius 3 is 2.26 bits per heavy atom. The van der Waals surface area contributed by atoms with E-state index in [0.717, 1.165) is 10.0 Å². The number of carbonyl (C=O) groups excluding carboxylic acids is 1. The molecule has 0 spiro atoms. The number of esters is 1. The maximum Gasteiger partial charge on any atom is 0.337 e. The van der Waals surface area contributed by atoms with Gasteiger partial charge in [0, 0.05) is 4.47 Å². The van der Waals surface area contributed by atoms with Gasteiger partial charge in [-0.1, -0.05) is 34.1 Å². The molecule has 0 atom stereocenters. The van der Waals surface area contributed by atoms with Crippen LogP contribution < -0.4 is 0 Å². The predicted molar refractivity (Wildman–Crippen MR) is 80.4 cm³/mol. The summed E-state index contributed by atoms with van der Waals surface area (Å²) in [7, 11) is 1.39. The summed E-state index contributed by atoms with van der Waals surface area (Å²) in [5.74, 6) is -0.310. The van der Waals surface area contributed by atoms with E-state index in [4.69, 9.17) is 4.74 Å². The summed E-state index contributed by atoms with van der Waals surface area (Å²) < 4.78 is 5.81. The molecule has 0 fully saturated rings. The molecule has 3 heteroatoms. The SMILES string of the molecule is COC(=O)c1ccc(-c2cc(C)c(Br)cc2C)cc1. The van der Waals surface area contributed by atoms with E-state index in [9.17, 15) is 4.79 Å². The Labute approximate surface area is 121 Å². The lowest BCUT2D eigenvalue weighted by atomic mass is 9.97. The first kappa shape index (κ1) is 13.8. The molecule has 0 bridgehead atoms. The van der Waals surface area contributed by atoms with Crippen LogP contribution in [0.4, 0.5) is 0 Å². The maximum atomic E-state index is 11.4. The molecule has 0 aliphatic rings. The van der Waals surface area contributed by atoms with Gasteiger partial charge in [-0.3, -0.25) is 0 Å². The fraction of sp³-hybridized carbons (Fsp3) is 0.188. The second kappa shape index (κ2) is 5.57. The van der Waals surface area contributed by atoms with Crippen LogP contribution in [0.1, 0.15) is 21.5 Å². The highest BCUT2D eigenvalue weighted by atomic mass is 79.9. The quantitative estimate of drug-likeness (QED) is 0.761. The van der Waals surface area contributed by atoms with Crippen LogP contribution in [0.25, 0.3) is 11.1 Å². The average molecular weight is 319 g/mol. The minimum atomic E-state index is -0.310. The Bertz CT molecular complexity index is 615. The molecule has 2 aromatic carbocycles. The third-order valence-corrected chi connectivity index (χ3v) is 3.98. The van der Waals surface area contributed by atoms with E-state index in [1.54, 1.807) is 12.1 Å². The number of ether oxygens (including phenoxy) is 1. The Kier molecular flexibility index (Phi) is 4.05. The van der Waals surface area contributed by atoms with Crippen molar-refractivity contribution in [3.8, 4) is 11.1 Å². The van der Waals surface area contributed by atoms with Crippen molar-refractivity contribution >= 4 is 21.9 Å². The zero-order valence-corrected chi connectivity index (χ0v) is 12.7. The van der Waals surface area contributed by atoms with Crippen molar-refractivity contribution in [2.45, 2.75) is 13.8 Å². The molecule has 0 N–H and O–H groups in total. The van der Waals surface area contributed by atoms with Gasteiger partial charge >= 0.3 is 5.97 Å². The van der Waals surface area contributed by atoms with Crippen LogP contribution in [-0.2, 0) is 4.74 Å². The van der Waals surface area contributed by atoms with Gasteiger partial charge in [0.15, 0.2) is 0 Å². The van der Waals surface area contributed by atoms with Gasteiger partial charge < -0.3 is 4.74 Å². The highest BCUT2D eigenvalue weighted by molar-refractivity contribution is 9.10. The van der Waals surface area contributed by atoms with Crippen LogP contribution in [0, 0.1) is 13.8 Å².